The van der Waals surface area contributed by atoms with E-state index in [9.17, 15) is 8.78 Å². The molecule has 0 aliphatic heterocycles. The molecule has 0 N–H and O–H groups in total. The Balaban J connectivity index is 1.61. The first-order valence-corrected chi connectivity index (χ1v) is 8.01. The van der Waals surface area contributed by atoms with E-state index in [0.29, 0.717) is 16.7 Å². The van der Waals surface area contributed by atoms with Crippen LogP contribution in [0.15, 0.2) is 52.6 Å². The minimum absolute atomic E-state index is 0.253. The van der Waals surface area contributed by atoms with Gasteiger partial charge in [-0.2, -0.15) is 9.61 Å². The van der Waals surface area contributed by atoms with Crippen LogP contribution < -0.4 is 0 Å². The first-order chi connectivity index (χ1) is 12.2. The molecule has 0 atom stereocenters. The van der Waals surface area contributed by atoms with E-state index in [1.54, 1.807) is 16.8 Å². The summed E-state index contributed by atoms with van der Waals surface area (Å²) in [5.74, 6) is -0.499. The van der Waals surface area contributed by atoms with Gasteiger partial charge in [0, 0.05) is 0 Å². The average Bonchev–Trinajstić information content (AvgIpc) is 3.22. The van der Waals surface area contributed by atoms with E-state index < -0.39 is 12.2 Å². The third-order valence-corrected chi connectivity index (χ3v) is 4.23. The van der Waals surface area contributed by atoms with Crippen LogP contribution in [0.4, 0.5) is 8.78 Å². The smallest absolute Gasteiger partial charge is 0.216 e. The minimum Gasteiger partial charge on any atom is -0.216 e. The van der Waals surface area contributed by atoms with Crippen molar-refractivity contribution in [1.29, 1.82) is 0 Å². The summed E-state index contributed by atoms with van der Waals surface area (Å²) >= 11 is 1.17. The topological polar surface area (TPSA) is 86.7 Å². The average molecular weight is 360 g/mol. The lowest BCUT2D eigenvalue weighted by Crippen LogP contribution is -2.04. The van der Waals surface area contributed by atoms with Crippen molar-refractivity contribution in [2.45, 2.75) is 23.2 Å². The normalized spacial score (nSPS) is 11.5. The summed E-state index contributed by atoms with van der Waals surface area (Å²) in [6.45, 7) is 0.493. The predicted molar refractivity (Wildman–Crippen MR) is 83.2 cm³/mol. The first kappa shape index (κ1) is 15.6. The van der Waals surface area contributed by atoms with Crippen LogP contribution in [0.5, 0.6) is 0 Å². The van der Waals surface area contributed by atoms with E-state index in [0.717, 1.165) is 10.1 Å². The number of hydrogen-bond donors (Lipinski definition) is 0. The minimum atomic E-state index is -2.76. The third kappa shape index (κ3) is 3.18. The highest BCUT2D eigenvalue weighted by Crippen LogP contribution is 2.25. The lowest BCUT2D eigenvalue weighted by molar-refractivity contribution is 0.137. The largest absolute Gasteiger partial charge is 0.299 e. The van der Waals surface area contributed by atoms with Gasteiger partial charge in [0.25, 0.3) is 6.43 Å². The molecule has 0 fully saturated rings. The second kappa shape index (κ2) is 6.51. The van der Waals surface area contributed by atoms with E-state index in [1.807, 2.05) is 30.3 Å². The Morgan fingerprint density at radius 2 is 1.84 bits per heavy atom. The van der Waals surface area contributed by atoms with Gasteiger partial charge in [-0.15, -0.1) is 15.3 Å². The number of tetrazole rings is 1. The Morgan fingerprint density at radius 3 is 2.64 bits per heavy atom. The number of benzene rings is 1. The number of hydrogen-bond acceptors (Lipinski definition) is 7. The zero-order valence-electron chi connectivity index (χ0n) is 12.6. The van der Waals surface area contributed by atoms with Crippen molar-refractivity contribution in [3.05, 3.63) is 53.9 Å². The molecule has 8 nitrogen and oxygen atoms in total. The van der Waals surface area contributed by atoms with Crippen LogP contribution in [-0.4, -0.2) is 40.0 Å². The highest BCUT2D eigenvalue weighted by atomic mass is 32.2. The number of alkyl halides is 2. The number of nitrogens with zero attached hydrogens (tertiary/aromatic N) is 8. The molecule has 0 amide bonds. The molecule has 0 saturated carbocycles. The lowest BCUT2D eigenvalue weighted by Gasteiger charge is -2.04. The van der Waals surface area contributed by atoms with Crippen molar-refractivity contribution in [2.24, 2.45) is 0 Å². The van der Waals surface area contributed by atoms with Crippen molar-refractivity contribution >= 4 is 17.4 Å². The van der Waals surface area contributed by atoms with Crippen molar-refractivity contribution in [1.82, 2.24) is 40.0 Å². The molecule has 1 aromatic carbocycles. The van der Waals surface area contributed by atoms with Crippen LogP contribution in [-0.2, 0) is 6.54 Å². The molecule has 0 aliphatic rings. The summed E-state index contributed by atoms with van der Waals surface area (Å²) in [5, 5.41) is 23.8. The highest BCUT2D eigenvalue weighted by Gasteiger charge is 2.18. The molecular weight excluding hydrogens is 350 g/mol. The number of fused-ring (bicyclic) bond motifs is 1. The molecule has 126 valence electrons. The van der Waals surface area contributed by atoms with Crippen LogP contribution in [0.2, 0.25) is 0 Å². The summed E-state index contributed by atoms with van der Waals surface area (Å²) in [6, 6.07) is 12.9. The fourth-order valence-electron chi connectivity index (χ4n) is 2.20. The number of aromatic nitrogens is 8. The standard InChI is InChI=1S/C14H10F2N8S/c15-12(16)13-18-17-10-6-7-11(20-24(10)13)25-14-19-21-22-23(14)8-9-4-2-1-3-5-9/h1-7,12H,8H2. The van der Waals surface area contributed by atoms with E-state index in [4.69, 9.17) is 0 Å². The van der Waals surface area contributed by atoms with E-state index in [2.05, 4.69) is 30.8 Å². The van der Waals surface area contributed by atoms with E-state index in [1.165, 1.54) is 11.8 Å². The SMILES string of the molecule is FC(F)c1nnc2ccc(Sc3nnnn3Cc3ccccc3)nn12. The molecule has 4 aromatic rings. The summed E-state index contributed by atoms with van der Waals surface area (Å²) in [4.78, 5) is 0. The van der Waals surface area contributed by atoms with Gasteiger partial charge in [-0.3, -0.25) is 0 Å². The molecule has 25 heavy (non-hydrogen) atoms. The Morgan fingerprint density at radius 1 is 1.00 bits per heavy atom. The van der Waals surface area contributed by atoms with Gasteiger partial charge >= 0.3 is 0 Å². The van der Waals surface area contributed by atoms with Crippen LogP contribution in [0.3, 0.4) is 0 Å². The van der Waals surface area contributed by atoms with Gasteiger partial charge in [0.05, 0.1) is 6.54 Å². The van der Waals surface area contributed by atoms with Gasteiger partial charge in [0.1, 0.15) is 5.03 Å². The monoisotopic (exact) mass is 360 g/mol. The van der Waals surface area contributed by atoms with Gasteiger partial charge in [0.15, 0.2) is 5.65 Å². The van der Waals surface area contributed by atoms with E-state index >= 15 is 0 Å². The Bertz CT molecular complexity index is 1000. The molecule has 3 heterocycles. The van der Waals surface area contributed by atoms with Gasteiger partial charge in [-0.05, 0) is 39.9 Å². The zero-order chi connectivity index (χ0) is 17.2. The highest BCUT2D eigenvalue weighted by molar-refractivity contribution is 7.99. The second-order valence-corrected chi connectivity index (χ2v) is 5.99. The number of halogens is 2. The Hall–Kier alpha value is -2.95. The summed E-state index contributed by atoms with van der Waals surface area (Å²) in [7, 11) is 0. The van der Waals surface area contributed by atoms with Crippen LogP contribution in [0, 0.1) is 0 Å². The van der Waals surface area contributed by atoms with Crippen molar-refractivity contribution in [3.63, 3.8) is 0 Å². The summed E-state index contributed by atoms with van der Waals surface area (Å²) in [5.41, 5.74) is 1.29. The molecule has 0 bridgehead atoms. The summed E-state index contributed by atoms with van der Waals surface area (Å²) in [6.07, 6.45) is -2.76. The van der Waals surface area contributed by atoms with Gasteiger partial charge < -0.3 is 0 Å². The number of rotatable bonds is 5. The lowest BCUT2D eigenvalue weighted by atomic mass is 10.2. The van der Waals surface area contributed by atoms with Crippen molar-refractivity contribution < 1.29 is 8.78 Å². The predicted octanol–water partition coefficient (Wildman–Crippen LogP) is 2.25. The molecule has 0 aliphatic carbocycles. The maximum absolute atomic E-state index is 12.9. The molecule has 11 heteroatoms. The zero-order valence-corrected chi connectivity index (χ0v) is 13.4. The molecule has 0 saturated heterocycles. The van der Waals surface area contributed by atoms with Crippen LogP contribution >= 0.6 is 11.8 Å². The second-order valence-electron chi connectivity index (χ2n) is 5.01. The molecule has 3 aromatic heterocycles. The van der Waals surface area contributed by atoms with Crippen LogP contribution in [0.25, 0.3) is 5.65 Å². The van der Waals surface area contributed by atoms with Crippen LogP contribution in [0.1, 0.15) is 17.8 Å². The summed E-state index contributed by atoms with van der Waals surface area (Å²) < 4.78 is 28.5. The van der Waals surface area contributed by atoms with Crippen molar-refractivity contribution in [2.75, 3.05) is 0 Å². The first-order valence-electron chi connectivity index (χ1n) is 7.19. The van der Waals surface area contributed by atoms with E-state index in [-0.39, 0.29) is 5.65 Å². The maximum Gasteiger partial charge on any atom is 0.299 e. The Kier molecular flexibility index (Phi) is 4.06. The quantitative estimate of drug-likeness (QED) is 0.539. The molecule has 0 unspecified atom stereocenters. The maximum atomic E-state index is 12.9. The van der Waals surface area contributed by atoms with Crippen molar-refractivity contribution in [3.8, 4) is 0 Å². The molecule has 0 spiro atoms. The fourth-order valence-corrected chi connectivity index (χ4v) is 2.93. The molecular formula is C14H10F2N8S. The van der Waals surface area contributed by atoms with Gasteiger partial charge in [0.2, 0.25) is 11.0 Å². The molecule has 4 rings (SSSR count). The Labute approximate surface area is 143 Å². The fraction of sp³-hybridized carbons (Fsp3) is 0.143. The van der Waals surface area contributed by atoms with Gasteiger partial charge in [-0.25, -0.2) is 13.5 Å². The molecule has 0 radical (unpaired) electrons. The van der Waals surface area contributed by atoms with Gasteiger partial charge in [-0.1, -0.05) is 30.3 Å². The third-order valence-electron chi connectivity index (χ3n) is 3.33.